The molecule has 0 bridgehead atoms. The predicted molar refractivity (Wildman–Crippen MR) is 80.7 cm³/mol. The summed E-state index contributed by atoms with van der Waals surface area (Å²) in [6.45, 7) is 6.93. The van der Waals surface area contributed by atoms with E-state index in [2.05, 4.69) is 12.1 Å². The van der Waals surface area contributed by atoms with Gasteiger partial charge in [-0.1, -0.05) is 31.8 Å². The number of oxime groups is 1. The molecule has 0 radical (unpaired) electrons. The lowest BCUT2D eigenvalue weighted by Crippen LogP contribution is -2.55. The first-order chi connectivity index (χ1) is 9.53. The molecule has 5 heteroatoms. The van der Waals surface area contributed by atoms with Crippen molar-refractivity contribution >= 4 is 11.7 Å². The summed E-state index contributed by atoms with van der Waals surface area (Å²) < 4.78 is 0. The van der Waals surface area contributed by atoms with E-state index in [1.807, 2.05) is 18.7 Å². The number of rotatable bonds is 6. The summed E-state index contributed by atoms with van der Waals surface area (Å²) in [5.41, 5.74) is 5.10. The molecule has 1 aliphatic heterocycles. The molecule has 0 spiro atoms. The molecule has 0 saturated carbocycles. The summed E-state index contributed by atoms with van der Waals surface area (Å²) in [6, 6.07) is 0.246. The van der Waals surface area contributed by atoms with E-state index in [1.54, 1.807) is 0 Å². The Morgan fingerprint density at radius 2 is 1.95 bits per heavy atom. The van der Waals surface area contributed by atoms with Crippen molar-refractivity contribution in [2.45, 2.75) is 71.8 Å². The lowest BCUT2D eigenvalue weighted by atomic mass is 9.76. The third-order valence-corrected chi connectivity index (χ3v) is 4.42. The Labute approximate surface area is 122 Å². The molecule has 1 saturated heterocycles. The van der Waals surface area contributed by atoms with Gasteiger partial charge in [-0.25, -0.2) is 0 Å². The highest BCUT2D eigenvalue weighted by Gasteiger charge is 2.45. The second kappa shape index (κ2) is 7.50. The monoisotopic (exact) mass is 283 g/mol. The molecular weight excluding hydrogens is 254 g/mol. The molecule has 20 heavy (non-hydrogen) atoms. The van der Waals surface area contributed by atoms with Gasteiger partial charge in [-0.15, -0.1) is 0 Å². The number of amidine groups is 1. The Morgan fingerprint density at radius 3 is 2.40 bits per heavy atom. The largest absolute Gasteiger partial charge is 0.409 e. The summed E-state index contributed by atoms with van der Waals surface area (Å²) in [4.78, 5) is 15.0. The molecular formula is C15H29N3O2. The molecule has 1 fully saturated rings. The van der Waals surface area contributed by atoms with Gasteiger partial charge in [0, 0.05) is 12.6 Å². The van der Waals surface area contributed by atoms with E-state index in [0.717, 1.165) is 32.2 Å². The van der Waals surface area contributed by atoms with E-state index < -0.39 is 5.41 Å². The number of nitrogens with two attached hydrogens (primary N) is 1. The minimum absolute atomic E-state index is 0.0451. The minimum Gasteiger partial charge on any atom is -0.409 e. The fourth-order valence-electron chi connectivity index (χ4n) is 3.33. The van der Waals surface area contributed by atoms with Crippen molar-refractivity contribution in [3.63, 3.8) is 0 Å². The number of carbonyl (C=O) groups is 1. The Hall–Kier alpha value is -1.26. The van der Waals surface area contributed by atoms with E-state index in [9.17, 15) is 4.79 Å². The quantitative estimate of drug-likeness (QED) is 0.340. The first kappa shape index (κ1) is 16.8. The highest BCUT2D eigenvalue weighted by Crippen LogP contribution is 2.35. The molecule has 116 valence electrons. The van der Waals surface area contributed by atoms with Crippen LogP contribution >= 0.6 is 0 Å². The van der Waals surface area contributed by atoms with Crippen LogP contribution in [0.3, 0.4) is 0 Å². The lowest BCUT2D eigenvalue weighted by molar-refractivity contribution is -0.142. The topological polar surface area (TPSA) is 78.9 Å². The highest BCUT2D eigenvalue weighted by molar-refractivity contribution is 6.06. The molecule has 1 heterocycles. The molecule has 0 aromatic carbocycles. The van der Waals surface area contributed by atoms with Crippen LogP contribution in [0.5, 0.6) is 0 Å². The number of likely N-dealkylation sites (tertiary alicyclic amines) is 1. The van der Waals surface area contributed by atoms with Gasteiger partial charge in [0.15, 0.2) is 5.84 Å². The summed E-state index contributed by atoms with van der Waals surface area (Å²) in [5, 5.41) is 12.3. The molecule has 1 aliphatic rings. The number of piperidine rings is 1. The maximum atomic E-state index is 13.1. The van der Waals surface area contributed by atoms with Gasteiger partial charge < -0.3 is 15.8 Å². The SMILES string of the molecule is CCCC(CCC)(C(=O)N1CCCCC1C)C(N)=NO. The lowest BCUT2D eigenvalue weighted by Gasteiger charge is -2.41. The standard InChI is InChI=1S/C15H29N3O2/c1-4-9-15(10-5-2,13(16)17-20)14(19)18-11-7-6-8-12(18)3/h12,20H,4-11H2,1-3H3,(H2,16,17). The summed E-state index contributed by atoms with van der Waals surface area (Å²) in [5.74, 6) is 0.118. The molecule has 0 aromatic rings. The summed E-state index contributed by atoms with van der Waals surface area (Å²) in [7, 11) is 0. The Kier molecular flexibility index (Phi) is 6.30. The number of carbonyl (C=O) groups excluding carboxylic acids is 1. The minimum atomic E-state index is -0.830. The van der Waals surface area contributed by atoms with E-state index >= 15 is 0 Å². The smallest absolute Gasteiger partial charge is 0.236 e. The molecule has 3 N–H and O–H groups in total. The van der Waals surface area contributed by atoms with E-state index in [1.165, 1.54) is 6.42 Å². The Bertz CT molecular complexity index is 349. The summed E-state index contributed by atoms with van der Waals surface area (Å²) in [6.07, 6.45) is 6.20. The van der Waals surface area contributed by atoms with Gasteiger partial charge in [0.25, 0.3) is 0 Å². The predicted octanol–water partition coefficient (Wildman–Crippen LogP) is 2.72. The van der Waals surface area contributed by atoms with Gasteiger partial charge in [-0.2, -0.15) is 0 Å². The average Bonchev–Trinajstić information content (AvgIpc) is 2.45. The van der Waals surface area contributed by atoms with Gasteiger partial charge in [0.2, 0.25) is 5.91 Å². The van der Waals surface area contributed by atoms with Gasteiger partial charge in [-0.3, -0.25) is 4.79 Å². The van der Waals surface area contributed by atoms with Gasteiger partial charge in [0.05, 0.1) is 0 Å². The van der Waals surface area contributed by atoms with Gasteiger partial charge in [-0.05, 0) is 39.0 Å². The first-order valence-electron chi connectivity index (χ1n) is 7.82. The van der Waals surface area contributed by atoms with Crippen molar-refractivity contribution < 1.29 is 10.0 Å². The zero-order valence-electron chi connectivity index (χ0n) is 13.1. The zero-order valence-corrected chi connectivity index (χ0v) is 13.1. The van der Waals surface area contributed by atoms with Crippen LogP contribution in [0.4, 0.5) is 0 Å². The third-order valence-electron chi connectivity index (χ3n) is 4.42. The van der Waals surface area contributed by atoms with Crippen LogP contribution in [0.2, 0.25) is 0 Å². The zero-order chi connectivity index (χ0) is 15.2. The number of hydrogen-bond donors (Lipinski definition) is 2. The normalized spacial score (nSPS) is 21.1. The van der Waals surface area contributed by atoms with E-state index in [-0.39, 0.29) is 17.8 Å². The van der Waals surface area contributed by atoms with Crippen LogP contribution in [0.15, 0.2) is 5.16 Å². The van der Waals surface area contributed by atoms with Crippen LogP contribution in [-0.2, 0) is 4.79 Å². The molecule has 0 aromatic heterocycles. The van der Waals surface area contributed by atoms with E-state index in [0.29, 0.717) is 12.8 Å². The van der Waals surface area contributed by atoms with Crippen molar-refractivity contribution in [3.8, 4) is 0 Å². The average molecular weight is 283 g/mol. The number of amides is 1. The molecule has 1 unspecified atom stereocenters. The second-order valence-electron chi connectivity index (χ2n) is 5.91. The van der Waals surface area contributed by atoms with Crippen molar-refractivity contribution in [1.82, 2.24) is 4.90 Å². The first-order valence-corrected chi connectivity index (χ1v) is 7.82. The molecule has 1 amide bonds. The van der Waals surface area contributed by atoms with Crippen LogP contribution < -0.4 is 5.73 Å². The number of nitrogens with zero attached hydrogens (tertiary/aromatic N) is 2. The maximum Gasteiger partial charge on any atom is 0.236 e. The van der Waals surface area contributed by atoms with Crippen LogP contribution in [0.25, 0.3) is 0 Å². The Morgan fingerprint density at radius 1 is 1.35 bits per heavy atom. The fraction of sp³-hybridized carbons (Fsp3) is 0.867. The van der Waals surface area contributed by atoms with Crippen molar-refractivity contribution in [3.05, 3.63) is 0 Å². The number of hydrogen-bond acceptors (Lipinski definition) is 3. The van der Waals surface area contributed by atoms with Gasteiger partial charge >= 0.3 is 0 Å². The highest BCUT2D eigenvalue weighted by atomic mass is 16.4. The molecule has 1 atom stereocenters. The molecule has 5 nitrogen and oxygen atoms in total. The van der Waals surface area contributed by atoms with Crippen LogP contribution in [0.1, 0.15) is 65.7 Å². The van der Waals surface area contributed by atoms with Gasteiger partial charge in [0.1, 0.15) is 5.41 Å². The second-order valence-corrected chi connectivity index (χ2v) is 5.91. The Balaban J connectivity index is 3.10. The van der Waals surface area contributed by atoms with Crippen molar-refractivity contribution in [2.75, 3.05) is 6.54 Å². The molecule has 1 rings (SSSR count). The third kappa shape index (κ3) is 3.25. The maximum absolute atomic E-state index is 13.1. The van der Waals surface area contributed by atoms with Crippen molar-refractivity contribution in [2.24, 2.45) is 16.3 Å². The summed E-state index contributed by atoms with van der Waals surface area (Å²) >= 11 is 0. The van der Waals surface area contributed by atoms with Crippen molar-refractivity contribution in [1.29, 1.82) is 0 Å². The van der Waals surface area contributed by atoms with E-state index in [4.69, 9.17) is 10.9 Å². The molecule has 0 aliphatic carbocycles. The fourth-order valence-corrected chi connectivity index (χ4v) is 3.33. The van der Waals surface area contributed by atoms with Crippen LogP contribution in [0, 0.1) is 5.41 Å². The van der Waals surface area contributed by atoms with Crippen LogP contribution in [-0.4, -0.2) is 34.4 Å².